The third-order valence-electron chi connectivity index (χ3n) is 3.35. The lowest BCUT2D eigenvalue weighted by atomic mass is 10.1. The summed E-state index contributed by atoms with van der Waals surface area (Å²) in [4.78, 5) is 23.7. The minimum Gasteiger partial charge on any atom is -0.453 e. The fraction of sp³-hybridized carbons (Fsp3) is 0.375. The van der Waals surface area contributed by atoms with Crippen LogP contribution in [0, 0.1) is 5.92 Å². The highest BCUT2D eigenvalue weighted by molar-refractivity contribution is 6.33. The van der Waals surface area contributed by atoms with Crippen LogP contribution in [0.3, 0.4) is 0 Å². The van der Waals surface area contributed by atoms with Crippen molar-refractivity contribution in [2.24, 2.45) is 5.92 Å². The molecule has 0 heterocycles. The Kier molecular flexibility index (Phi) is 5.39. The summed E-state index contributed by atoms with van der Waals surface area (Å²) in [5.41, 5.74) is 0.505. The molecule has 0 bridgehead atoms. The lowest BCUT2D eigenvalue weighted by molar-refractivity contribution is -0.153. The van der Waals surface area contributed by atoms with Gasteiger partial charge in [0.25, 0.3) is 5.91 Å². The summed E-state index contributed by atoms with van der Waals surface area (Å²) in [5.74, 6) is -0.511. The first-order valence-corrected chi connectivity index (χ1v) is 7.35. The molecule has 0 fully saturated rings. The Labute approximate surface area is 129 Å². The van der Waals surface area contributed by atoms with Crippen LogP contribution in [0.1, 0.15) is 26.2 Å². The molecule has 112 valence electrons. The first-order chi connectivity index (χ1) is 10.1. The highest BCUT2D eigenvalue weighted by atomic mass is 35.5. The van der Waals surface area contributed by atoms with E-state index in [-0.39, 0.29) is 11.9 Å². The quantitative estimate of drug-likeness (QED) is 0.668. The number of ether oxygens (including phenoxy) is 1. The minimum absolute atomic E-state index is 0.233. The van der Waals surface area contributed by atoms with Crippen molar-refractivity contribution in [1.82, 2.24) is 0 Å². The van der Waals surface area contributed by atoms with Gasteiger partial charge in [-0.05, 0) is 37.8 Å². The molecule has 0 saturated carbocycles. The summed E-state index contributed by atoms with van der Waals surface area (Å²) in [6.45, 7) is 1.55. The van der Waals surface area contributed by atoms with E-state index in [2.05, 4.69) is 11.4 Å². The van der Waals surface area contributed by atoms with E-state index >= 15 is 0 Å². The maximum Gasteiger partial charge on any atom is 0.307 e. The molecule has 0 aliphatic heterocycles. The average molecular weight is 308 g/mol. The summed E-state index contributed by atoms with van der Waals surface area (Å²) >= 11 is 5.96. The second kappa shape index (κ2) is 7.27. The molecule has 1 aliphatic carbocycles. The number of hydrogen-bond donors (Lipinski definition) is 1. The second-order valence-corrected chi connectivity index (χ2v) is 5.48. The predicted octanol–water partition coefficient (Wildman–Crippen LogP) is 3.57. The van der Waals surface area contributed by atoms with Crippen LogP contribution >= 0.6 is 11.6 Å². The summed E-state index contributed by atoms with van der Waals surface area (Å²) in [5, 5.41) is 3.09. The van der Waals surface area contributed by atoms with Crippen molar-refractivity contribution in [3.8, 4) is 0 Å². The lowest BCUT2D eigenvalue weighted by Crippen LogP contribution is -2.30. The van der Waals surface area contributed by atoms with Crippen LogP contribution in [0.2, 0.25) is 5.02 Å². The van der Waals surface area contributed by atoms with Crippen LogP contribution in [0.4, 0.5) is 5.69 Å². The van der Waals surface area contributed by atoms with Gasteiger partial charge in [0.15, 0.2) is 6.10 Å². The van der Waals surface area contributed by atoms with Crippen LogP contribution in [0.15, 0.2) is 36.4 Å². The van der Waals surface area contributed by atoms with Gasteiger partial charge in [-0.25, -0.2) is 0 Å². The van der Waals surface area contributed by atoms with Gasteiger partial charge in [0.1, 0.15) is 0 Å². The molecule has 21 heavy (non-hydrogen) atoms. The molecule has 1 aromatic carbocycles. The zero-order valence-electron chi connectivity index (χ0n) is 11.8. The molecule has 0 unspecified atom stereocenters. The summed E-state index contributed by atoms with van der Waals surface area (Å²) in [6.07, 6.45) is 5.52. The molecule has 0 saturated heterocycles. The Morgan fingerprint density at radius 3 is 2.86 bits per heavy atom. The average Bonchev–Trinajstić information content (AvgIpc) is 2.93. The molecular formula is C16H18ClNO3. The fourth-order valence-electron chi connectivity index (χ4n) is 2.18. The van der Waals surface area contributed by atoms with Crippen LogP contribution < -0.4 is 5.32 Å². The highest BCUT2D eigenvalue weighted by Crippen LogP contribution is 2.22. The largest absolute Gasteiger partial charge is 0.453 e. The Morgan fingerprint density at radius 1 is 1.43 bits per heavy atom. The maximum absolute atomic E-state index is 12.0. The van der Waals surface area contributed by atoms with Gasteiger partial charge in [-0.15, -0.1) is 0 Å². The van der Waals surface area contributed by atoms with E-state index < -0.39 is 12.0 Å². The Hall–Kier alpha value is -1.81. The zero-order valence-corrected chi connectivity index (χ0v) is 12.6. The van der Waals surface area contributed by atoms with Crippen molar-refractivity contribution in [3.63, 3.8) is 0 Å². The number of hydrogen-bond acceptors (Lipinski definition) is 3. The van der Waals surface area contributed by atoms with Crippen molar-refractivity contribution < 1.29 is 14.3 Å². The standard InChI is InChI=1S/C16H18ClNO3/c1-11(21-15(19)10-12-6-2-3-7-12)16(20)18-14-9-5-4-8-13(14)17/h2,4-6,8-9,11-12H,3,7,10H2,1H3,(H,18,20)/t11-,12-/m0/s1. The molecule has 1 amide bonds. The van der Waals surface area contributed by atoms with E-state index in [9.17, 15) is 9.59 Å². The van der Waals surface area contributed by atoms with Gasteiger partial charge in [0.2, 0.25) is 0 Å². The number of anilines is 1. The topological polar surface area (TPSA) is 55.4 Å². The van der Waals surface area contributed by atoms with Crippen LogP contribution in [-0.4, -0.2) is 18.0 Å². The number of carbonyl (C=O) groups excluding carboxylic acids is 2. The van der Waals surface area contributed by atoms with Crippen LogP contribution in [0.5, 0.6) is 0 Å². The first kappa shape index (κ1) is 15.6. The molecule has 5 heteroatoms. The molecule has 0 radical (unpaired) electrons. The number of allylic oxidation sites excluding steroid dienone is 2. The van der Waals surface area contributed by atoms with Gasteiger partial charge < -0.3 is 10.1 Å². The van der Waals surface area contributed by atoms with Gasteiger partial charge in [0.05, 0.1) is 17.1 Å². The smallest absolute Gasteiger partial charge is 0.307 e. The van der Waals surface area contributed by atoms with E-state index in [1.54, 1.807) is 31.2 Å². The number of para-hydroxylation sites is 1. The molecule has 0 aromatic heterocycles. The van der Waals surface area contributed by atoms with E-state index in [0.717, 1.165) is 12.8 Å². The number of amides is 1. The highest BCUT2D eigenvalue weighted by Gasteiger charge is 2.21. The summed E-state index contributed by atoms with van der Waals surface area (Å²) in [7, 11) is 0. The molecule has 1 aromatic rings. The molecular weight excluding hydrogens is 290 g/mol. The van der Waals surface area contributed by atoms with Gasteiger partial charge in [0, 0.05) is 0 Å². The maximum atomic E-state index is 12.0. The van der Waals surface area contributed by atoms with Gasteiger partial charge in [-0.3, -0.25) is 9.59 Å². The first-order valence-electron chi connectivity index (χ1n) is 6.98. The van der Waals surface area contributed by atoms with Crippen molar-refractivity contribution in [1.29, 1.82) is 0 Å². The summed E-state index contributed by atoms with van der Waals surface area (Å²) < 4.78 is 5.16. The van der Waals surface area contributed by atoms with E-state index in [4.69, 9.17) is 16.3 Å². The van der Waals surface area contributed by atoms with Gasteiger partial charge >= 0.3 is 5.97 Å². The Morgan fingerprint density at radius 2 is 2.19 bits per heavy atom. The predicted molar refractivity (Wildman–Crippen MR) is 82.1 cm³/mol. The number of nitrogens with one attached hydrogen (secondary N) is 1. The van der Waals surface area contributed by atoms with Crippen LogP contribution in [-0.2, 0) is 14.3 Å². The molecule has 4 nitrogen and oxygen atoms in total. The normalized spacial score (nSPS) is 18.3. The Bertz CT molecular complexity index is 556. The van der Waals surface area contributed by atoms with Crippen molar-refractivity contribution in [3.05, 3.63) is 41.4 Å². The number of esters is 1. The molecule has 0 spiro atoms. The fourth-order valence-corrected chi connectivity index (χ4v) is 2.36. The SMILES string of the molecule is C[C@H](OC(=O)C[C@H]1C=CCC1)C(=O)Nc1ccccc1Cl. The number of halogens is 1. The van der Waals surface area contributed by atoms with E-state index in [1.165, 1.54) is 0 Å². The third kappa shape index (κ3) is 4.60. The van der Waals surface area contributed by atoms with E-state index in [0.29, 0.717) is 17.1 Å². The minimum atomic E-state index is -0.848. The van der Waals surface area contributed by atoms with Crippen molar-refractivity contribution >= 4 is 29.2 Å². The molecule has 2 rings (SSSR count). The lowest BCUT2D eigenvalue weighted by Gasteiger charge is -2.15. The number of rotatable bonds is 5. The second-order valence-electron chi connectivity index (χ2n) is 5.07. The van der Waals surface area contributed by atoms with Gasteiger partial charge in [-0.1, -0.05) is 35.9 Å². The molecule has 2 atom stereocenters. The Balaban J connectivity index is 1.83. The van der Waals surface area contributed by atoms with Crippen molar-refractivity contribution in [2.75, 3.05) is 5.32 Å². The van der Waals surface area contributed by atoms with Crippen molar-refractivity contribution in [2.45, 2.75) is 32.3 Å². The van der Waals surface area contributed by atoms with Crippen LogP contribution in [0.25, 0.3) is 0 Å². The zero-order chi connectivity index (χ0) is 15.2. The number of carbonyl (C=O) groups is 2. The monoisotopic (exact) mass is 307 g/mol. The number of benzene rings is 1. The van der Waals surface area contributed by atoms with E-state index in [1.807, 2.05) is 6.08 Å². The molecule has 1 N–H and O–H groups in total. The summed E-state index contributed by atoms with van der Waals surface area (Å²) in [6, 6.07) is 6.92. The third-order valence-corrected chi connectivity index (χ3v) is 3.68. The molecule has 1 aliphatic rings. The van der Waals surface area contributed by atoms with Gasteiger partial charge in [-0.2, -0.15) is 0 Å².